The minimum absolute atomic E-state index is 0.150. The van der Waals surface area contributed by atoms with E-state index in [1.165, 1.54) is 0 Å². The molecule has 0 amide bonds. The molecule has 0 saturated heterocycles. The van der Waals surface area contributed by atoms with Gasteiger partial charge >= 0.3 is 0 Å². The van der Waals surface area contributed by atoms with Crippen LogP contribution in [0.15, 0.2) is 0 Å². The SMILES string of the molecule is CC(C)(Cl)C(=O)C(C)(C)Cl. The van der Waals surface area contributed by atoms with Crippen molar-refractivity contribution in [3.8, 4) is 0 Å². The smallest absolute Gasteiger partial charge is 0.173 e. The summed E-state index contributed by atoms with van der Waals surface area (Å²) in [4.78, 5) is 9.51. The summed E-state index contributed by atoms with van der Waals surface area (Å²) in [6, 6.07) is 0. The number of carbonyl (C=O) groups excluding carboxylic acids is 1. The number of alkyl halides is 2. The van der Waals surface area contributed by atoms with Crippen LogP contribution in [0.1, 0.15) is 27.7 Å². The maximum Gasteiger partial charge on any atom is 0.173 e. The maximum atomic E-state index is 11.2. The first-order valence-corrected chi connectivity index (χ1v) is 3.84. The van der Waals surface area contributed by atoms with Crippen molar-refractivity contribution < 1.29 is 4.79 Å². The van der Waals surface area contributed by atoms with E-state index in [0.29, 0.717) is 0 Å². The van der Waals surface area contributed by atoms with Crippen LogP contribution >= 0.6 is 23.2 Å². The van der Waals surface area contributed by atoms with Crippen molar-refractivity contribution in [2.75, 3.05) is 0 Å². The summed E-state index contributed by atoms with van der Waals surface area (Å²) in [6.07, 6.45) is 0. The molecule has 0 aromatic carbocycles. The number of Topliss-reactive ketones (excluding diaryl/α,β-unsaturated/α-hetero) is 1. The van der Waals surface area contributed by atoms with Crippen molar-refractivity contribution in [3.63, 3.8) is 0 Å². The fourth-order valence-corrected chi connectivity index (χ4v) is 1.23. The number of halogens is 2. The molecule has 0 fully saturated rings. The average Bonchev–Trinajstić information content (AvgIpc) is 1.59. The van der Waals surface area contributed by atoms with Crippen molar-refractivity contribution in [2.24, 2.45) is 0 Å². The van der Waals surface area contributed by atoms with Gasteiger partial charge in [-0.2, -0.15) is 0 Å². The molecular formula is C7H12Cl2O. The lowest BCUT2D eigenvalue weighted by atomic mass is 9.97. The van der Waals surface area contributed by atoms with Gasteiger partial charge in [-0.1, -0.05) is 0 Å². The Morgan fingerprint density at radius 1 is 1.00 bits per heavy atom. The van der Waals surface area contributed by atoms with E-state index in [-0.39, 0.29) is 5.78 Å². The molecular weight excluding hydrogens is 171 g/mol. The zero-order valence-electron chi connectivity index (χ0n) is 6.66. The zero-order chi connectivity index (χ0) is 8.58. The third-order valence-electron chi connectivity index (χ3n) is 1.08. The van der Waals surface area contributed by atoms with Gasteiger partial charge in [0, 0.05) is 0 Å². The van der Waals surface area contributed by atoms with Crippen molar-refractivity contribution in [2.45, 2.75) is 37.4 Å². The first-order chi connectivity index (χ1) is 4.15. The second-order valence-electron chi connectivity index (χ2n) is 3.27. The monoisotopic (exact) mass is 182 g/mol. The van der Waals surface area contributed by atoms with E-state index in [2.05, 4.69) is 0 Å². The van der Waals surface area contributed by atoms with Crippen LogP contribution in [0.3, 0.4) is 0 Å². The molecule has 0 atom stereocenters. The van der Waals surface area contributed by atoms with Crippen LogP contribution in [0.2, 0.25) is 0 Å². The summed E-state index contributed by atoms with van der Waals surface area (Å²) in [7, 11) is 0. The first-order valence-electron chi connectivity index (χ1n) is 3.08. The van der Waals surface area contributed by atoms with Crippen LogP contribution in [0.5, 0.6) is 0 Å². The first kappa shape index (κ1) is 10.2. The van der Waals surface area contributed by atoms with E-state index in [1.54, 1.807) is 27.7 Å². The Morgan fingerprint density at radius 2 is 1.20 bits per heavy atom. The van der Waals surface area contributed by atoms with Gasteiger partial charge in [-0.25, -0.2) is 0 Å². The minimum atomic E-state index is -0.856. The highest BCUT2D eigenvalue weighted by molar-refractivity contribution is 6.44. The number of rotatable bonds is 2. The second-order valence-corrected chi connectivity index (χ2v) is 5.16. The number of ketones is 1. The number of hydrogen-bond acceptors (Lipinski definition) is 1. The fraction of sp³-hybridized carbons (Fsp3) is 0.857. The molecule has 0 aliphatic rings. The van der Waals surface area contributed by atoms with Gasteiger partial charge < -0.3 is 0 Å². The normalized spacial score (nSPS) is 13.4. The quantitative estimate of drug-likeness (QED) is 0.601. The Kier molecular flexibility index (Phi) is 2.77. The summed E-state index contributed by atoms with van der Waals surface area (Å²) < 4.78 is 0. The molecule has 60 valence electrons. The molecule has 0 bridgehead atoms. The maximum absolute atomic E-state index is 11.2. The van der Waals surface area contributed by atoms with E-state index in [1.807, 2.05) is 0 Å². The predicted octanol–water partition coefficient (Wildman–Crippen LogP) is 2.59. The van der Waals surface area contributed by atoms with Crippen LogP contribution < -0.4 is 0 Å². The Balaban J connectivity index is 4.40. The highest BCUT2D eigenvalue weighted by Gasteiger charge is 2.35. The molecule has 0 unspecified atom stereocenters. The van der Waals surface area contributed by atoms with Gasteiger partial charge in [0.25, 0.3) is 0 Å². The van der Waals surface area contributed by atoms with Crippen LogP contribution in [0.25, 0.3) is 0 Å². The molecule has 0 radical (unpaired) electrons. The van der Waals surface area contributed by atoms with Crippen LogP contribution in [-0.4, -0.2) is 15.5 Å². The molecule has 0 aromatic heterocycles. The Labute approximate surface area is 71.7 Å². The molecule has 0 rings (SSSR count). The standard InChI is InChI=1S/C7H12Cl2O/c1-6(2,8)5(10)7(3,4)9/h1-4H3. The van der Waals surface area contributed by atoms with Crippen molar-refractivity contribution in [1.82, 2.24) is 0 Å². The fourth-order valence-electron chi connectivity index (χ4n) is 0.707. The Morgan fingerprint density at radius 3 is 1.20 bits per heavy atom. The third kappa shape index (κ3) is 2.89. The molecule has 0 aromatic rings. The average molecular weight is 183 g/mol. The highest BCUT2D eigenvalue weighted by Crippen LogP contribution is 2.25. The van der Waals surface area contributed by atoms with Gasteiger partial charge in [0.05, 0.1) is 9.75 Å². The third-order valence-corrected chi connectivity index (χ3v) is 1.42. The molecule has 0 aliphatic carbocycles. The number of carbonyl (C=O) groups is 1. The van der Waals surface area contributed by atoms with Crippen molar-refractivity contribution in [3.05, 3.63) is 0 Å². The lowest BCUT2D eigenvalue weighted by Gasteiger charge is -2.22. The number of hydrogen-bond donors (Lipinski definition) is 0. The summed E-state index contributed by atoms with van der Waals surface area (Å²) in [5.74, 6) is -0.150. The van der Waals surface area contributed by atoms with Gasteiger partial charge in [0.2, 0.25) is 0 Å². The molecule has 10 heavy (non-hydrogen) atoms. The van der Waals surface area contributed by atoms with Crippen molar-refractivity contribution in [1.29, 1.82) is 0 Å². The molecule has 0 saturated carbocycles. The van der Waals surface area contributed by atoms with Gasteiger partial charge in [-0.05, 0) is 27.7 Å². The van der Waals surface area contributed by atoms with E-state index >= 15 is 0 Å². The van der Waals surface area contributed by atoms with Crippen LogP contribution in [0, 0.1) is 0 Å². The topological polar surface area (TPSA) is 17.1 Å². The summed E-state index contributed by atoms with van der Waals surface area (Å²) in [5.41, 5.74) is 0. The van der Waals surface area contributed by atoms with E-state index in [4.69, 9.17) is 23.2 Å². The van der Waals surface area contributed by atoms with E-state index < -0.39 is 9.75 Å². The molecule has 0 aliphatic heterocycles. The largest absolute Gasteiger partial charge is 0.296 e. The lowest BCUT2D eigenvalue weighted by Crippen LogP contribution is -2.38. The van der Waals surface area contributed by atoms with Gasteiger partial charge in [-0.3, -0.25) is 4.79 Å². The predicted molar refractivity (Wildman–Crippen MR) is 44.9 cm³/mol. The molecule has 0 N–H and O–H groups in total. The van der Waals surface area contributed by atoms with Crippen LogP contribution in [0.4, 0.5) is 0 Å². The summed E-state index contributed by atoms with van der Waals surface area (Å²) >= 11 is 11.5. The van der Waals surface area contributed by atoms with E-state index in [0.717, 1.165) is 0 Å². The molecule has 0 heterocycles. The van der Waals surface area contributed by atoms with Gasteiger partial charge in [-0.15, -0.1) is 23.2 Å². The van der Waals surface area contributed by atoms with Gasteiger partial charge in [0.1, 0.15) is 0 Å². The Hall–Kier alpha value is 0.250. The zero-order valence-corrected chi connectivity index (χ0v) is 8.18. The van der Waals surface area contributed by atoms with Crippen molar-refractivity contribution >= 4 is 29.0 Å². The highest BCUT2D eigenvalue weighted by atomic mass is 35.5. The van der Waals surface area contributed by atoms with Crippen LogP contribution in [-0.2, 0) is 4.79 Å². The van der Waals surface area contributed by atoms with E-state index in [9.17, 15) is 4.79 Å². The Bertz CT molecular complexity index is 123. The summed E-state index contributed by atoms with van der Waals surface area (Å²) in [6.45, 7) is 6.56. The molecule has 1 nitrogen and oxygen atoms in total. The molecule has 3 heteroatoms. The lowest BCUT2D eigenvalue weighted by molar-refractivity contribution is -0.122. The molecule has 0 spiro atoms. The summed E-state index contributed by atoms with van der Waals surface area (Å²) in [5, 5.41) is 0. The minimum Gasteiger partial charge on any atom is -0.296 e. The second kappa shape index (κ2) is 2.71. The van der Waals surface area contributed by atoms with Gasteiger partial charge in [0.15, 0.2) is 5.78 Å².